The van der Waals surface area contributed by atoms with Gasteiger partial charge in [0.2, 0.25) is 0 Å². The molecule has 0 radical (unpaired) electrons. The second-order valence-electron chi connectivity index (χ2n) is 3.56. The number of fused-ring (bicyclic) bond motifs is 2. The molecule has 6 heteroatoms. The summed E-state index contributed by atoms with van der Waals surface area (Å²) in [5, 5.41) is 4.94. The highest BCUT2D eigenvalue weighted by molar-refractivity contribution is 8.01. The number of hydrogen-bond donors (Lipinski definition) is 1. The minimum atomic E-state index is -4.30. The van der Waals surface area contributed by atoms with Crippen molar-refractivity contribution in [2.24, 2.45) is 0 Å². The molecule has 1 nitrogen and oxygen atoms in total. The molecule has 3 rings (SSSR count). The number of nitrogens with one attached hydrogen (secondary N) is 1. The highest BCUT2D eigenvalue weighted by Gasteiger charge is 2.31. The quantitative estimate of drug-likeness (QED) is 0.620. The van der Waals surface area contributed by atoms with E-state index in [9.17, 15) is 13.2 Å². The van der Waals surface area contributed by atoms with Gasteiger partial charge in [-0.2, -0.15) is 13.2 Å². The van der Waals surface area contributed by atoms with E-state index in [-0.39, 0.29) is 0 Å². The van der Waals surface area contributed by atoms with Gasteiger partial charge in [0.05, 0.1) is 21.1 Å². The molecule has 1 aliphatic heterocycles. The number of benzene rings is 1. The maximum atomic E-state index is 12.6. The van der Waals surface area contributed by atoms with Gasteiger partial charge >= 0.3 is 6.18 Å². The highest BCUT2D eigenvalue weighted by Crippen LogP contribution is 2.48. The Morgan fingerprint density at radius 1 is 1.06 bits per heavy atom. The molecule has 0 spiro atoms. The Kier molecular flexibility index (Phi) is 2.38. The summed E-state index contributed by atoms with van der Waals surface area (Å²) in [5.74, 6) is 0. The lowest BCUT2D eigenvalue weighted by Crippen LogP contribution is -2.06. The third kappa shape index (κ3) is 1.91. The predicted molar refractivity (Wildman–Crippen MR) is 63.2 cm³/mol. The third-order valence-electron chi connectivity index (χ3n) is 2.41. The molecule has 88 valence electrons. The van der Waals surface area contributed by atoms with Gasteiger partial charge in [0.25, 0.3) is 0 Å². The predicted octanol–water partition coefficient (Wildman–Crippen LogP) is 4.98. The van der Waals surface area contributed by atoms with Crippen LogP contribution in [0.1, 0.15) is 5.56 Å². The first-order valence-corrected chi connectivity index (χ1v) is 6.47. The Morgan fingerprint density at radius 2 is 1.88 bits per heavy atom. The van der Waals surface area contributed by atoms with Crippen molar-refractivity contribution in [3.8, 4) is 0 Å². The normalized spacial score (nSPS) is 13.8. The Bertz CT molecular complexity index is 574. The van der Waals surface area contributed by atoms with Crippen molar-refractivity contribution in [1.29, 1.82) is 0 Å². The van der Waals surface area contributed by atoms with Crippen LogP contribution < -0.4 is 5.32 Å². The van der Waals surface area contributed by atoms with Crippen LogP contribution in [0.5, 0.6) is 0 Å². The Hall–Kier alpha value is -1.14. The van der Waals surface area contributed by atoms with Crippen molar-refractivity contribution < 1.29 is 13.2 Å². The molecule has 0 bridgehead atoms. The lowest BCUT2D eigenvalue weighted by molar-refractivity contribution is -0.137. The van der Waals surface area contributed by atoms with Gasteiger partial charge in [-0.1, -0.05) is 11.8 Å². The molecule has 0 amide bonds. The van der Waals surface area contributed by atoms with E-state index >= 15 is 0 Å². The van der Waals surface area contributed by atoms with Gasteiger partial charge < -0.3 is 5.32 Å². The average molecular weight is 273 g/mol. The molecule has 0 saturated heterocycles. The molecular weight excluding hydrogens is 267 g/mol. The highest BCUT2D eigenvalue weighted by atomic mass is 32.2. The molecule has 2 heterocycles. The van der Waals surface area contributed by atoms with E-state index in [1.807, 2.05) is 11.4 Å². The summed E-state index contributed by atoms with van der Waals surface area (Å²) in [6.07, 6.45) is -4.30. The van der Waals surface area contributed by atoms with Crippen LogP contribution in [-0.2, 0) is 6.18 Å². The van der Waals surface area contributed by atoms with Crippen molar-refractivity contribution >= 4 is 34.5 Å². The van der Waals surface area contributed by atoms with Gasteiger partial charge in [0.1, 0.15) is 0 Å². The lowest BCUT2D eigenvalue weighted by atomic mass is 10.2. The Labute approximate surface area is 104 Å². The van der Waals surface area contributed by atoms with Crippen LogP contribution in [0.2, 0.25) is 0 Å². The summed E-state index contributed by atoms with van der Waals surface area (Å²) in [5.41, 5.74) is 0.783. The molecule has 0 fully saturated rings. The Balaban J connectivity index is 2.04. The van der Waals surface area contributed by atoms with Gasteiger partial charge in [-0.05, 0) is 29.6 Å². The SMILES string of the molecule is FC(F)(F)c1ccc2c(c1)Nc1ccsc1S2. The van der Waals surface area contributed by atoms with Crippen LogP contribution in [-0.4, -0.2) is 0 Å². The van der Waals surface area contributed by atoms with Crippen molar-refractivity contribution in [2.45, 2.75) is 15.3 Å². The van der Waals surface area contributed by atoms with Crippen molar-refractivity contribution in [3.05, 3.63) is 35.2 Å². The summed E-state index contributed by atoms with van der Waals surface area (Å²) >= 11 is 3.07. The molecule has 1 N–H and O–H groups in total. The minimum Gasteiger partial charge on any atom is -0.353 e. The van der Waals surface area contributed by atoms with E-state index in [1.54, 1.807) is 11.3 Å². The van der Waals surface area contributed by atoms with Crippen molar-refractivity contribution in [1.82, 2.24) is 0 Å². The first kappa shape index (κ1) is 11.0. The monoisotopic (exact) mass is 273 g/mol. The van der Waals surface area contributed by atoms with E-state index in [0.717, 1.165) is 26.9 Å². The number of anilines is 2. The van der Waals surface area contributed by atoms with Gasteiger partial charge in [-0.25, -0.2) is 0 Å². The summed E-state index contributed by atoms with van der Waals surface area (Å²) in [4.78, 5) is 0.827. The van der Waals surface area contributed by atoms with E-state index in [4.69, 9.17) is 0 Å². The maximum absolute atomic E-state index is 12.6. The zero-order valence-electron chi connectivity index (χ0n) is 8.34. The average Bonchev–Trinajstić information content (AvgIpc) is 2.70. The molecule has 2 aromatic rings. The van der Waals surface area contributed by atoms with Crippen LogP contribution in [0.25, 0.3) is 0 Å². The standard InChI is InChI=1S/C11H6F3NS2/c12-11(13,14)6-1-2-9-8(5-6)15-7-3-4-16-10(7)17-9/h1-5,15H. The maximum Gasteiger partial charge on any atom is 0.416 e. The molecule has 0 aliphatic carbocycles. The first-order valence-electron chi connectivity index (χ1n) is 4.78. The molecular formula is C11H6F3NS2. The minimum absolute atomic E-state index is 0.524. The second-order valence-corrected chi connectivity index (χ2v) is 5.78. The van der Waals surface area contributed by atoms with E-state index in [2.05, 4.69) is 5.32 Å². The van der Waals surface area contributed by atoms with Crippen molar-refractivity contribution in [3.63, 3.8) is 0 Å². The molecule has 1 aromatic heterocycles. The van der Waals surface area contributed by atoms with Crippen molar-refractivity contribution in [2.75, 3.05) is 5.32 Å². The summed E-state index contributed by atoms with van der Waals surface area (Å²) in [6, 6.07) is 5.66. The molecule has 0 atom stereocenters. The van der Waals surface area contributed by atoms with E-state index in [1.165, 1.54) is 17.8 Å². The summed E-state index contributed by atoms with van der Waals surface area (Å²) < 4.78 is 38.8. The number of thiophene rings is 1. The molecule has 0 saturated carbocycles. The van der Waals surface area contributed by atoms with E-state index in [0.29, 0.717) is 5.69 Å². The first-order chi connectivity index (χ1) is 8.04. The van der Waals surface area contributed by atoms with Crippen LogP contribution >= 0.6 is 23.1 Å². The fraction of sp³-hybridized carbons (Fsp3) is 0.0909. The number of alkyl halides is 3. The summed E-state index contributed by atoms with van der Waals surface area (Å²) in [6.45, 7) is 0. The fourth-order valence-electron chi connectivity index (χ4n) is 1.61. The van der Waals surface area contributed by atoms with Crippen LogP contribution in [0.15, 0.2) is 38.8 Å². The molecule has 1 aromatic carbocycles. The topological polar surface area (TPSA) is 12.0 Å². The number of rotatable bonds is 0. The lowest BCUT2D eigenvalue weighted by Gasteiger charge is -2.19. The molecule has 1 aliphatic rings. The fourth-order valence-corrected chi connectivity index (χ4v) is 3.59. The third-order valence-corrected chi connectivity index (χ3v) is 4.63. The van der Waals surface area contributed by atoms with Crippen LogP contribution in [0, 0.1) is 0 Å². The van der Waals surface area contributed by atoms with Crippen LogP contribution in [0.4, 0.5) is 24.5 Å². The molecule has 0 unspecified atom stereocenters. The molecule has 17 heavy (non-hydrogen) atoms. The van der Waals surface area contributed by atoms with Gasteiger partial charge in [0, 0.05) is 4.90 Å². The number of hydrogen-bond acceptors (Lipinski definition) is 3. The smallest absolute Gasteiger partial charge is 0.353 e. The Morgan fingerprint density at radius 3 is 2.65 bits per heavy atom. The zero-order chi connectivity index (χ0) is 12.0. The van der Waals surface area contributed by atoms with Gasteiger partial charge in [0.15, 0.2) is 0 Å². The van der Waals surface area contributed by atoms with Gasteiger partial charge in [-0.3, -0.25) is 0 Å². The largest absolute Gasteiger partial charge is 0.416 e. The second kappa shape index (κ2) is 3.68. The number of halogens is 3. The zero-order valence-corrected chi connectivity index (χ0v) is 9.97. The van der Waals surface area contributed by atoms with E-state index < -0.39 is 11.7 Å². The van der Waals surface area contributed by atoms with Gasteiger partial charge in [-0.15, -0.1) is 11.3 Å². The summed E-state index contributed by atoms with van der Waals surface area (Å²) in [7, 11) is 0. The van der Waals surface area contributed by atoms with Crippen LogP contribution in [0.3, 0.4) is 0 Å².